The minimum Gasteiger partial charge on any atom is -0.207 e. The Morgan fingerprint density at radius 3 is 2.50 bits per heavy atom. The summed E-state index contributed by atoms with van der Waals surface area (Å²) in [4.78, 5) is 8.28. The molecule has 0 fully saturated rings. The van der Waals surface area contributed by atoms with Crippen LogP contribution in [0.1, 0.15) is 5.56 Å². The predicted molar refractivity (Wildman–Crippen MR) is 41.0 cm³/mol. The van der Waals surface area contributed by atoms with E-state index in [1.807, 2.05) is 0 Å². The number of hydrogen-bond donors (Lipinski definition) is 1. The monoisotopic (exact) mass is 189 g/mol. The second kappa shape index (κ2) is 4.26. The van der Waals surface area contributed by atoms with Gasteiger partial charge >= 0.3 is 8.25 Å². The van der Waals surface area contributed by atoms with Crippen LogP contribution >= 0.6 is 8.25 Å². The highest BCUT2D eigenvalue weighted by atomic mass is 31.1. The quantitative estimate of drug-likeness (QED) is 0.739. The zero-order valence-electron chi connectivity index (χ0n) is 6.11. The molecule has 0 saturated heterocycles. The van der Waals surface area contributed by atoms with Crippen molar-refractivity contribution in [1.82, 2.24) is 0 Å². The molecule has 0 aliphatic heterocycles. The molecule has 3 nitrogen and oxygen atoms in total. The fraction of sp³-hybridized carbons (Fsp3) is 0.143. The molecule has 0 amide bonds. The molecule has 1 atom stereocenters. The van der Waals surface area contributed by atoms with E-state index in [9.17, 15) is 8.96 Å². The summed E-state index contributed by atoms with van der Waals surface area (Å²) in [7, 11) is -2.58. The van der Waals surface area contributed by atoms with Crippen LogP contribution in [0.2, 0.25) is 0 Å². The van der Waals surface area contributed by atoms with Gasteiger partial charge in [0.2, 0.25) is 0 Å². The predicted octanol–water partition coefficient (Wildman–Crippen LogP) is 1.99. The maximum atomic E-state index is 12.3. The van der Waals surface area contributed by atoms with E-state index in [1.165, 1.54) is 24.3 Å². The van der Waals surface area contributed by atoms with Crippen LogP contribution in [0, 0.1) is 5.82 Å². The lowest BCUT2D eigenvalue weighted by Crippen LogP contribution is -1.85. The summed E-state index contributed by atoms with van der Waals surface area (Å²) in [6.45, 7) is 0.0198. The van der Waals surface area contributed by atoms with Gasteiger partial charge in [-0.05, 0) is 17.7 Å². The van der Waals surface area contributed by atoms with E-state index in [1.54, 1.807) is 0 Å². The maximum Gasteiger partial charge on any atom is 0.695 e. The first kappa shape index (κ1) is 9.26. The van der Waals surface area contributed by atoms with Crippen molar-refractivity contribution >= 4 is 8.25 Å². The van der Waals surface area contributed by atoms with Gasteiger partial charge in [-0.15, -0.1) is 9.42 Å². The second-order valence-electron chi connectivity index (χ2n) is 2.14. The molecule has 0 saturated carbocycles. The van der Waals surface area contributed by atoms with Crippen molar-refractivity contribution in [1.29, 1.82) is 0 Å². The highest BCUT2D eigenvalue weighted by Gasteiger charge is 2.11. The molecule has 0 aliphatic rings. The standard InChI is InChI=1S/C7H6FO3P/c8-7-3-1-6(2-4-7)5-11-12(9)10/h1-4H,5H2/p+1. The molecule has 0 aliphatic carbocycles. The van der Waals surface area contributed by atoms with Crippen molar-refractivity contribution in [3.63, 3.8) is 0 Å². The maximum absolute atomic E-state index is 12.3. The lowest BCUT2D eigenvalue weighted by molar-refractivity contribution is 0.272. The molecule has 1 N–H and O–H groups in total. The summed E-state index contributed by atoms with van der Waals surface area (Å²) < 4.78 is 26.8. The van der Waals surface area contributed by atoms with E-state index >= 15 is 0 Å². The molecule has 0 spiro atoms. The van der Waals surface area contributed by atoms with Gasteiger partial charge in [-0.2, -0.15) is 0 Å². The largest absolute Gasteiger partial charge is 0.695 e. The van der Waals surface area contributed by atoms with Crippen LogP contribution in [0.3, 0.4) is 0 Å². The van der Waals surface area contributed by atoms with Crippen LogP contribution in [0.25, 0.3) is 0 Å². The van der Waals surface area contributed by atoms with Crippen molar-refractivity contribution in [3.8, 4) is 0 Å². The Kier molecular flexibility index (Phi) is 3.29. The summed E-state index contributed by atoms with van der Waals surface area (Å²) in [5.74, 6) is -0.341. The van der Waals surface area contributed by atoms with Gasteiger partial charge in [-0.1, -0.05) is 12.1 Å². The molecule has 0 bridgehead atoms. The Bertz CT molecular complexity index is 272. The molecular weight excluding hydrogens is 182 g/mol. The van der Waals surface area contributed by atoms with Gasteiger partial charge in [-0.3, -0.25) is 0 Å². The van der Waals surface area contributed by atoms with Crippen molar-refractivity contribution in [2.45, 2.75) is 6.61 Å². The minimum absolute atomic E-state index is 0.0198. The number of hydrogen-bond acceptors (Lipinski definition) is 2. The average Bonchev–Trinajstić information content (AvgIpc) is 2.03. The van der Waals surface area contributed by atoms with Crippen LogP contribution in [-0.2, 0) is 15.7 Å². The van der Waals surface area contributed by atoms with Crippen molar-refractivity contribution in [2.75, 3.05) is 0 Å². The summed E-state index contributed by atoms with van der Waals surface area (Å²) in [6, 6.07) is 5.52. The molecule has 0 radical (unpaired) electrons. The van der Waals surface area contributed by atoms with E-state index in [0.29, 0.717) is 5.56 Å². The van der Waals surface area contributed by atoms with Crippen molar-refractivity contribution in [2.24, 2.45) is 0 Å². The normalized spacial score (nSPS) is 11.3. The molecule has 1 aromatic rings. The number of rotatable bonds is 3. The van der Waals surface area contributed by atoms with E-state index in [-0.39, 0.29) is 12.4 Å². The third-order valence-corrected chi connectivity index (χ3v) is 1.60. The number of benzene rings is 1. The highest BCUT2D eigenvalue weighted by molar-refractivity contribution is 7.32. The van der Waals surface area contributed by atoms with Gasteiger partial charge in [0.25, 0.3) is 0 Å². The van der Waals surface area contributed by atoms with Crippen LogP contribution in [0.15, 0.2) is 24.3 Å². The van der Waals surface area contributed by atoms with Gasteiger partial charge in [0.05, 0.1) is 0 Å². The van der Waals surface area contributed by atoms with Crippen LogP contribution < -0.4 is 0 Å². The third-order valence-electron chi connectivity index (χ3n) is 1.25. The molecule has 64 valence electrons. The molecular formula is C7H7FO3P+. The molecule has 12 heavy (non-hydrogen) atoms. The van der Waals surface area contributed by atoms with E-state index < -0.39 is 8.25 Å². The van der Waals surface area contributed by atoms with Gasteiger partial charge in [-0.25, -0.2) is 4.39 Å². The fourth-order valence-corrected chi connectivity index (χ4v) is 0.970. The highest BCUT2D eigenvalue weighted by Crippen LogP contribution is 2.17. The number of halogens is 1. The molecule has 1 aromatic carbocycles. The smallest absolute Gasteiger partial charge is 0.207 e. The van der Waals surface area contributed by atoms with E-state index in [2.05, 4.69) is 4.52 Å². The topological polar surface area (TPSA) is 46.5 Å². The van der Waals surface area contributed by atoms with Gasteiger partial charge in [0.15, 0.2) is 0 Å². The molecule has 1 unspecified atom stereocenters. The summed E-state index contributed by atoms with van der Waals surface area (Å²) in [5.41, 5.74) is 0.661. The van der Waals surface area contributed by atoms with Crippen LogP contribution in [0.5, 0.6) is 0 Å². The Morgan fingerprint density at radius 1 is 1.42 bits per heavy atom. The van der Waals surface area contributed by atoms with Gasteiger partial charge in [0.1, 0.15) is 12.4 Å². The van der Waals surface area contributed by atoms with Crippen LogP contribution in [-0.4, -0.2) is 4.89 Å². The van der Waals surface area contributed by atoms with Gasteiger partial charge in [0, 0.05) is 4.57 Å². The molecule has 1 rings (SSSR count). The fourth-order valence-electron chi connectivity index (χ4n) is 0.710. The Hall–Kier alpha value is -0.830. The molecule has 5 heteroatoms. The lowest BCUT2D eigenvalue weighted by atomic mass is 10.2. The second-order valence-corrected chi connectivity index (χ2v) is 2.87. The lowest BCUT2D eigenvalue weighted by Gasteiger charge is -1.92. The van der Waals surface area contributed by atoms with E-state index in [4.69, 9.17) is 4.89 Å². The first-order valence-corrected chi connectivity index (χ1v) is 4.35. The third kappa shape index (κ3) is 3.05. The Labute approximate surface area is 69.7 Å². The first-order chi connectivity index (χ1) is 5.68. The van der Waals surface area contributed by atoms with Gasteiger partial charge < -0.3 is 0 Å². The zero-order valence-corrected chi connectivity index (χ0v) is 7.00. The van der Waals surface area contributed by atoms with Crippen molar-refractivity contribution in [3.05, 3.63) is 35.6 Å². The Morgan fingerprint density at radius 2 is 2.00 bits per heavy atom. The minimum atomic E-state index is -2.58. The zero-order chi connectivity index (χ0) is 8.97. The Balaban J connectivity index is 2.53. The summed E-state index contributed by atoms with van der Waals surface area (Å²) in [5, 5.41) is 0. The molecule has 0 heterocycles. The van der Waals surface area contributed by atoms with Crippen molar-refractivity contribution < 1.29 is 18.4 Å². The van der Waals surface area contributed by atoms with Crippen LogP contribution in [0.4, 0.5) is 4.39 Å². The first-order valence-electron chi connectivity index (χ1n) is 3.22. The molecule has 0 aromatic heterocycles. The SMILES string of the molecule is O=[P+](O)OCc1ccc(F)cc1. The summed E-state index contributed by atoms with van der Waals surface area (Å²) >= 11 is 0. The van der Waals surface area contributed by atoms with E-state index in [0.717, 1.165) is 0 Å². The average molecular weight is 189 g/mol. The summed E-state index contributed by atoms with van der Waals surface area (Å²) in [6.07, 6.45) is 0.